The minimum absolute atomic E-state index is 0.00944. The molecule has 1 aliphatic rings. The van der Waals surface area contributed by atoms with Crippen LogP contribution in [-0.4, -0.2) is 23.5 Å². The van der Waals surface area contributed by atoms with Gasteiger partial charge in [-0.1, -0.05) is 5.16 Å². The molecule has 5 heteroatoms. The van der Waals surface area contributed by atoms with E-state index in [0.717, 1.165) is 35.8 Å². The molecule has 0 radical (unpaired) electrons. The average molecular weight is 289 g/mol. The zero-order valence-corrected chi connectivity index (χ0v) is 11.9. The quantitative estimate of drug-likeness (QED) is 0.885. The highest BCUT2D eigenvalue weighted by atomic mass is 16.5. The van der Waals surface area contributed by atoms with Crippen molar-refractivity contribution in [2.24, 2.45) is 0 Å². The predicted molar refractivity (Wildman–Crippen MR) is 76.5 cm³/mol. The molecular formula is C16H19NO4. The summed E-state index contributed by atoms with van der Waals surface area (Å²) in [4.78, 5) is 0. The summed E-state index contributed by atoms with van der Waals surface area (Å²) in [7, 11) is 0. The van der Waals surface area contributed by atoms with E-state index in [1.165, 1.54) is 18.4 Å². The van der Waals surface area contributed by atoms with Gasteiger partial charge in [0.15, 0.2) is 0 Å². The van der Waals surface area contributed by atoms with Crippen LogP contribution in [-0.2, 0) is 19.4 Å². The molecule has 0 amide bonds. The molecule has 1 aliphatic carbocycles. The number of rotatable bonds is 6. The monoisotopic (exact) mass is 289 g/mol. The number of fused-ring (bicyclic) bond motifs is 1. The zero-order chi connectivity index (χ0) is 14.5. The number of aromatic nitrogens is 1. The lowest BCUT2D eigenvalue weighted by Crippen LogP contribution is -2.04. The van der Waals surface area contributed by atoms with Gasteiger partial charge in [-0.3, -0.25) is 0 Å². The fourth-order valence-corrected chi connectivity index (χ4v) is 2.51. The van der Waals surface area contributed by atoms with Crippen LogP contribution in [0.15, 0.2) is 28.8 Å². The molecule has 1 heterocycles. The minimum Gasteiger partial charge on any atom is -0.491 e. The fourth-order valence-electron chi connectivity index (χ4n) is 2.51. The maximum absolute atomic E-state index is 8.70. The summed E-state index contributed by atoms with van der Waals surface area (Å²) >= 11 is 0. The van der Waals surface area contributed by atoms with Crippen LogP contribution in [0, 0.1) is 0 Å². The van der Waals surface area contributed by atoms with Crippen LogP contribution in [0.5, 0.6) is 11.5 Å². The minimum atomic E-state index is 0.00944. The lowest BCUT2D eigenvalue weighted by Gasteiger charge is -2.10. The average Bonchev–Trinajstić information content (AvgIpc) is 2.95. The lowest BCUT2D eigenvalue weighted by molar-refractivity contribution is 0.201. The SMILES string of the molecule is OCCOc1ccc(OCc2noc3c2CCCC3)cc1. The molecule has 2 aromatic rings. The molecule has 0 saturated carbocycles. The molecule has 0 aliphatic heterocycles. The van der Waals surface area contributed by atoms with Gasteiger partial charge in [0.25, 0.3) is 0 Å². The fraction of sp³-hybridized carbons (Fsp3) is 0.438. The van der Waals surface area contributed by atoms with Gasteiger partial charge in [-0.05, 0) is 43.5 Å². The summed E-state index contributed by atoms with van der Waals surface area (Å²) in [6.45, 7) is 0.733. The Labute approximate surface area is 123 Å². The number of aliphatic hydroxyl groups excluding tert-OH is 1. The van der Waals surface area contributed by atoms with E-state index in [1.54, 1.807) is 0 Å². The number of aliphatic hydroxyl groups is 1. The number of benzene rings is 1. The van der Waals surface area contributed by atoms with E-state index in [1.807, 2.05) is 24.3 Å². The van der Waals surface area contributed by atoms with Gasteiger partial charge >= 0.3 is 0 Å². The van der Waals surface area contributed by atoms with E-state index in [2.05, 4.69) is 5.16 Å². The van der Waals surface area contributed by atoms with Crippen LogP contribution in [0.1, 0.15) is 29.9 Å². The van der Waals surface area contributed by atoms with E-state index < -0.39 is 0 Å². The second kappa shape index (κ2) is 6.63. The number of aryl methyl sites for hydroxylation is 1. The Morgan fingerprint density at radius 1 is 1.05 bits per heavy atom. The summed E-state index contributed by atoms with van der Waals surface area (Å²) in [5, 5.41) is 12.8. The normalized spacial score (nSPS) is 13.8. The molecule has 1 N–H and O–H groups in total. The highest BCUT2D eigenvalue weighted by Gasteiger charge is 2.19. The van der Waals surface area contributed by atoms with Crippen LogP contribution in [0.2, 0.25) is 0 Å². The summed E-state index contributed by atoms with van der Waals surface area (Å²) in [5.41, 5.74) is 2.13. The van der Waals surface area contributed by atoms with Crippen molar-refractivity contribution >= 4 is 0 Å². The van der Waals surface area contributed by atoms with Gasteiger partial charge in [-0.15, -0.1) is 0 Å². The Morgan fingerprint density at radius 2 is 1.76 bits per heavy atom. The molecular weight excluding hydrogens is 270 g/mol. The molecule has 0 saturated heterocycles. The van der Waals surface area contributed by atoms with Gasteiger partial charge in [-0.25, -0.2) is 0 Å². The Kier molecular flexibility index (Phi) is 4.40. The van der Waals surface area contributed by atoms with Crippen molar-refractivity contribution in [1.29, 1.82) is 0 Å². The Hall–Kier alpha value is -2.01. The van der Waals surface area contributed by atoms with Crippen molar-refractivity contribution < 1.29 is 19.1 Å². The van der Waals surface area contributed by atoms with Gasteiger partial charge in [0.05, 0.1) is 6.61 Å². The van der Waals surface area contributed by atoms with Crippen LogP contribution >= 0.6 is 0 Å². The number of hydrogen-bond acceptors (Lipinski definition) is 5. The topological polar surface area (TPSA) is 64.7 Å². The number of ether oxygens (including phenoxy) is 2. The molecule has 3 rings (SSSR count). The van der Waals surface area contributed by atoms with E-state index >= 15 is 0 Å². The first-order valence-corrected chi connectivity index (χ1v) is 7.29. The van der Waals surface area contributed by atoms with Crippen molar-refractivity contribution in [3.8, 4) is 11.5 Å². The van der Waals surface area contributed by atoms with Gasteiger partial charge < -0.3 is 19.1 Å². The van der Waals surface area contributed by atoms with E-state index in [0.29, 0.717) is 13.2 Å². The lowest BCUT2D eigenvalue weighted by atomic mass is 9.97. The van der Waals surface area contributed by atoms with Crippen molar-refractivity contribution in [3.05, 3.63) is 41.3 Å². The molecule has 21 heavy (non-hydrogen) atoms. The second-order valence-electron chi connectivity index (χ2n) is 5.07. The standard InChI is InChI=1S/C16H19NO4/c18-9-10-19-12-5-7-13(8-6-12)20-11-15-14-3-1-2-4-16(14)21-17-15/h5-8,18H,1-4,9-11H2. The predicted octanol–water partition coefficient (Wildman–Crippen LogP) is 2.50. The summed E-state index contributed by atoms with van der Waals surface area (Å²) in [6, 6.07) is 7.34. The molecule has 0 atom stereocenters. The largest absolute Gasteiger partial charge is 0.491 e. The third-order valence-corrected chi connectivity index (χ3v) is 3.59. The molecule has 0 bridgehead atoms. The van der Waals surface area contributed by atoms with Crippen LogP contribution in [0.4, 0.5) is 0 Å². The number of hydrogen-bond donors (Lipinski definition) is 1. The van der Waals surface area contributed by atoms with Crippen LogP contribution in [0.3, 0.4) is 0 Å². The van der Waals surface area contributed by atoms with Crippen molar-refractivity contribution in [2.75, 3.05) is 13.2 Å². The Bertz CT molecular complexity index is 576. The maximum Gasteiger partial charge on any atom is 0.140 e. The number of nitrogens with zero attached hydrogens (tertiary/aromatic N) is 1. The van der Waals surface area contributed by atoms with Crippen LogP contribution in [0.25, 0.3) is 0 Å². The maximum atomic E-state index is 8.70. The second-order valence-corrected chi connectivity index (χ2v) is 5.07. The molecule has 5 nitrogen and oxygen atoms in total. The smallest absolute Gasteiger partial charge is 0.140 e. The van der Waals surface area contributed by atoms with E-state index in [9.17, 15) is 0 Å². The highest BCUT2D eigenvalue weighted by Crippen LogP contribution is 2.25. The molecule has 112 valence electrons. The molecule has 0 fully saturated rings. The Morgan fingerprint density at radius 3 is 2.52 bits per heavy atom. The summed E-state index contributed by atoms with van der Waals surface area (Å²) < 4.78 is 16.4. The van der Waals surface area contributed by atoms with Crippen molar-refractivity contribution in [1.82, 2.24) is 5.16 Å². The van der Waals surface area contributed by atoms with Crippen molar-refractivity contribution in [3.63, 3.8) is 0 Å². The first kappa shape index (κ1) is 13.9. The molecule has 1 aromatic carbocycles. The first-order chi connectivity index (χ1) is 10.4. The van der Waals surface area contributed by atoms with Gasteiger partial charge in [0.2, 0.25) is 0 Å². The van der Waals surface area contributed by atoms with E-state index in [-0.39, 0.29) is 6.61 Å². The van der Waals surface area contributed by atoms with Crippen LogP contribution < -0.4 is 9.47 Å². The zero-order valence-electron chi connectivity index (χ0n) is 11.9. The molecule has 0 unspecified atom stereocenters. The van der Waals surface area contributed by atoms with Crippen molar-refractivity contribution in [2.45, 2.75) is 32.3 Å². The summed E-state index contributed by atoms with van der Waals surface area (Å²) in [5.74, 6) is 2.50. The van der Waals surface area contributed by atoms with Gasteiger partial charge in [0.1, 0.15) is 36.2 Å². The summed E-state index contributed by atoms with van der Waals surface area (Å²) in [6.07, 6.45) is 4.39. The third-order valence-electron chi connectivity index (χ3n) is 3.59. The van der Waals surface area contributed by atoms with Gasteiger partial charge in [-0.2, -0.15) is 0 Å². The molecule has 1 aromatic heterocycles. The van der Waals surface area contributed by atoms with Gasteiger partial charge in [0, 0.05) is 12.0 Å². The highest BCUT2D eigenvalue weighted by molar-refractivity contribution is 5.32. The molecule has 0 spiro atoms. The third kappa shape index (κ3) is 3.36. The Balaban J connectivity index is 1.58. The van der Waals surface area contributed by atoms with E-state index in [4.69, 9.17) is 19.1 Å². The first-order valence-electron chi connectivity index (χ1n) is 7.29.